The number of esters is 1. The Morgan fingerprint density at radius 3 is 2.53 bits per heavy atom. The maximum Gasteiger partial charge on any atom is 0.339 e. The average Bonchev–Trinajstić information content (AvgIpc) is 3.23. The molecule has 0 bridgehead atoms. The van der Waals surface area contributed by atoms with Crippen molar-refractivity contribution in [1.29, 1.82) is 0 Å². The maximum atomic E-state index is 13.0. The first-order valence-corrected chi connectivity index (χ1v) is 11.8. The Bertz CT molecular complexity index is 1360. The highest BCUT2D eigenvalue weighted by Gasteiger charge is 2.35. The highest BCUT2D eigenvalue weighted by atomic mass is 35.5. The van der Waals surface area contributed by atoms with Crippen LogP contribution in [0, 0.1) is 13.8 Å². The van der Waals surface area contributed by atoms with Crippen LogP contribution in [0.15, 0.2) is 53.4 Å². The summed E-state index contributed by atoms with van der Waals surface area (Å²) >= 11 is 13.0. The number of para-hydroxylation sites is 1. The predicted molar refractivity (Wildman–Crippen MR) is 135 cm³/mol. The highest BCUT2D eigenvalue weighted by molar-refractivity contribution is 8.18. The summed E-state index contributed by atoms with van der Waals surface area (Å²) in [4.78, 5) is 39.4. The summed E-state index contributed by atoms with van der Waals surface area (Å²) in [7, 11) is 1.34. The van der Waals surface area contributed by atoms with Crippen LogP contribution in [0.5, 0.6) is 0 Å². The molecule has 2 amide bonds. The summed E-state index contributed by atoms with van der Waals surface area (Å²) in [5, 5.41) is 0.502. The van der Waals surface area contributed by atoms with E-state index in [1.54, 1.807) is 36.4 Å². The minimum Gasteiger partial charge on any atom is -0.465 e. The minimum atomic E-state index is -0.438. The van der Waals surface area contributed by atoms with Crippen LogP contribution in [-0.4, -0.2) is 33.7 Å². The van der Waals surface area contributed by atoms with Crippen LogP contribution in [0.25, 0.3) is 11.8 Å². The highest BCUT2D eigenvalue weighted by Crippen LogP contribution is 2.36. The van der Waals surface area contributed by atoms with E-state index in [1.165, 1.54) is 7.11 Å². The van der Waals surface area contributed by atoms with Gasteiger partial charge in [0.1, 0.15) is 0 Å². The molecule has 9 heteroatoms. The summed E-state index contributed by atoms with van der Waals surface area (Å²) in [6, 6.07) is 14.0. The SMILES string of the molecule is COC(=O)c1ccccc1-n1c(C)cc(/C=C2\SC(=O)N(Cc3ccc(Cl)cc3Cl)C2=O)c1C. The molecule has 174 valence electrons. The van der Waals surface area contributed by atoms with Crippen LogP contribution in [0.3, 0.4) is 0 Å². The number of thioether (sulfide) groups is 1. The monoisotopic (exact) mass is 514 g/mol. The number of hydrogen-bond acceptors (Lipinski definition) is 5. The first-order valence-electron chi connectivity index (χ1n) is 10.3. The van der Waals surface area contributed by atoms with Gasteiger partial charge in [-0.05, 0) is 73.1 Å². The molecule has 0 unspecified atom stereocenters. The molecule has 2 aromatic carbocycles. The number of ether oxygens (including phenoxy) is 1. The molecule has 0 radical (unpaired) electrons. The van der Waals surface area contributed by atoms with Gasteiger partial charge in [0, 0.05) is 21.4 Å². The van der Waals surface area contributed by atoms with Crippen molar-refractivity contribution in [3.8, 4) is 5.69 Å². The van der Waals surface area contributed by atoms with Gasteiger partial charge < -0.3 is 9.30 Å². The molecule has 0 aliphatic carbocycles. The van der Waals surface area contributed by atoms with E-state index in [2.05, 4.69) is 0 Å². The van der Waals surface area contributed by atoms with Gasteiger partial charge in [0.15, 0.2) is 0 Å². The number of rotatable bonds is 5. The Hall–Kier alpha value is -3.00. The minimum absolute atomic E-state index is 0.0591. The summed E-state index contributed by atoms with van der Waals surface area (Å²) < 4.78 is 6.85. The fourth-order valence-electron chi connectivity index (χ4n) is 3.85. The quantitative estimate of drug-likeness (QED) is 0.290. The van der Waals surface area contributed by atoms with E-state index in [9.17, 15) is 14.4 Å². The van der Waals surface area contributed by atoms with Crippen molar-refractivity contribution in [3.63, 3.8) is 0 Å². The number of carbonyl (C=O) groups is 3. The van der Waals surface area contributed by atoms with E-state index in [0.29, 0.717) is 31.8 Å². The number of carbonyl (C=O) groups excluding carboxylic acids is 3. The average molecular weight is 515 g/mol. The lowest BCUT2D eigenvalue weighted by molar-refractivity contribution is -0.123. The van der Waals surface area contributed by atoms with Crippen molar-refractivity contribution >= 4 is 58.2 Å². The molecular formula is C25H20Cl2N2O4S. The molecule has 1 aliphatic rings. The smallest absolute Gasteiger partial charge is 0.339 e. The number of methoxy groups -OCH3 is 1. The number of nitrogens with zero attached hydrogens (tertiary/aromatic N) is 2. The summed E-state index contributed by atoms with van der Waals surface area (Å²) in [6.45, 7) is 3.86. The Labute approximate surface area is 211 Å². The Morgan fingerprint density at radius 1 is 1.09 bits per heavy atom. The number of benzene rings is 2. The van der Waals surface area contributed by atoms with Gasteiger partial charge in [-0.25, -0.2) is 4.79 Å². The van der Waals surface area contributed by atoms with Gasteiger partial charge in [-0.3, -0.25) is 14.5 Å². The van der Waals surface area contributed by atoms with Crippen molar-refractivity contribution in [2.45, 2.75) is 20.4 Å². The van der Waals surface area contributed by atoms with Crippen LogP contribution in [0.4, 0.5) is 4.79 Å². The van der Waals surface area contributed by atoms with Crippen molar-refractivity contribution < 1.29 is 19.1 Å². The van der Waals surface area contributed by atoms with Gasteiger partial charge in [0.05, 0.1) is 29.8 Å². The van der Waals surface area contributed by atoms with Gasteiger partial charge in [-0.15, -0.1) is 0 Å². The topological polar surface area (TPSA) is 68.6 Å². The van der Waals surface area contributed by atoms with E-state index >= 15 is 0 Å². The fraction of sp³-hybridized carbons (Fsp3) is 0.160. The second-order valence-electron chi connectivity index (χ2n) is 7.67. The number of aromatic nitrogens is 1. The molecule has 2 heterocycles. The largest absolute Gasteiger partial charge is 0.465 e. The van der Waals surface area contributed by atoms with Crippen LogP contribution >= 0.6 is 35.0 Å². The molecule has 0 N–H and O–H groups in total. The van der Waals surface area contributed by atoms with Crippen LogP contribution < -0.4 is 0 Å². The molecule has 1 saturated heterocycles. The van der Waals surface area contributed by atoms with Crippen LogP contribution in [-0.2, 0) is 16.1 Å². The van der Waals surface area contributed by atoms with E-state index in [4.69, 9.17) is 27.9 Å². The van der Waals surface area contributed by atoms with Crippen LogP contribution in [0.1, 0.15) is 32.9 Å². The second kappa shape index (κ2) is 9.70. The lowest BCUT2D eigenvalue weighted by Gasteiger charge is -2.14. The third-order valence-electron chi connectivity index (χ3n) is 5.52. The number of hydrogen-bond donors (Lipinski definition) is 0. The Balaban J connectivity index is 1.67. The third kappa shape index (κ3) is 4.51. The second-order valence-corrected chi connectivity index (χ2v) is 9.51. The van der Waals surface area contributed by atoms with E-state index in [-0.39, 0.29) is 17.7 Å². The van der Waals surface area contributed by atoms with E-state index < -0.39 is 5.97 Å². The van der Waals surface area contributed by atoms with Gasteiger partial charge in [-0.1, -0.05) is 41.4 Å². The van der Waals surface area contributed by atoms with Gasteiger partial charge in [-0.2, -0.15) is 0 Å². The van der Waals surface area contributed by atoms with Crippen molar-refractivity contribution in [2.75, 3.05) is 7.11 Å². The zero-order valence-corrected chi connectivity index (χ0v) is 20.9. The number of aryl methyl sites for hydroxylation is 1. The van der Waals surface area contributed by atoms with E-state index in [0.717, 1.165) is 33.6 Å². The molecular weight excluding hydrogens is 495 g/mol. The van der Waals surface area contributed by atoms with Crippen molar-refractivity contribution in [1.82, 2.24) is 9.47 Å². The number of amides is 2. The Kier molecular flexibility index (Phi) is 6.89. The van der Waals surface area contributed by atoms with Gasteiger partial charge in [0.2, 0.25) is 0 Å². The lowest BCUT2D eigenvalue weighted by atomic mass is 10.1. The van der Waals surface area contributed by atoms with Gasteiger partial charge >= 0.3 is 5.97 Å². The molecule has 34 heavy (non-hydrogen) atoms. The number of halogens is 2. The molecule has 4 rings (SSSR count). The molecule has 1 fully saturated rings. The zero-order chi connectivity index (χ0) is 24.6. The standard InChI is InChI=1S/C25H20Cl2N2O4S/c1-14-10-17(15(2)29(14)21-7-5-4-6-19(21)24(31)33-3)11-22-23(30)28(25(32)34-22)13-16-8-9-18(26)12-20(16)27/h4-12H,13H2,1-3H3/b22-11-. The zero-order valence-electron chi connectivity index (χ0n) is 18.6. The molecule has 0 atom stereocenters. The fourth-order valence-corrected chi connectivity index (χ4v) is 5.15. The van der Waals surface area contributed by atoms with Crippen molar-refractivity contribution in [2.24, 2.45) is 0 Å². The number of imide groups is 1. The predicted octanol–water partition coefficient (Wildman–Crippen LogP) is 6.42. The first-order chi connectivity index (χ1) is 16.2. The lowest BCUT2D eigenvalue weighted by Crippen LogP contribution is -2.27. The Morgan fingerprint density at radius 2 is 1.82 bits per heavy atom. The van der Waals surface area contributed by atoms with E-state index in [1.807, 2.05) is 36.6 Å². The first kappa shape index (κ1) is 24.1. The molecule has 0 spiro atoms. The van der Waals surface area contributed by atoms with Crippen molar-refractivity contribution in [3.05, 3.63) is 91.6 Å². The molecule has 1 aliphatic heterocycles. The third-order valence-corrected chi connectivity index (χ3v) is 7.02. The summed E-state index contributed by atoms with van der Waals surface area (Å²) in [5.74, 6) is -0.826. The molecule has 1 aromatic heterocycles. The van der Waals surface area contributed by atoms with Crippen LogP contribution in [0.2, 0.25) is 10.0 Å². The molecule has 6 nitrogen and oxygen atoms in total. The maximum absolute atomic E-state index is 13.0. The summed E-state index contributed by atoms with van der Waals surface area (Å²) in [6.07, 6.45) is 1.70. The molecule has 0 saturated carbocycles. The normalized spacial score (nSPS) is 14.9. The van der Waals surface area contributed by atoms with Gasteiger partial charge in [0.25, 0.3) is 11.1 Å². The molecule has 3 aromatic rings. The summed E-state index contributed by atoms with van der Waals surface area (Å²) in [5.41, 5.74) is 4.20.